The Morgan fingerprint density at radius 3 is 2.75 bits per heavy atom. The van der Waals surface area contributed by atoms with Crippen molar-refractivity contribution in [3.05, 3.63) is 56.7 Å². The smallest absolute Gasteiger partial charge is 0.216 e. The highest BCUT2D eigenvalue weighted by atomic mass is 79.9. The minimum atomic E-state index is -0.156. The van der Waals surface area contributed by atoms with Gasteiger partial charge in [-0.05, 0) is 56.5 Å². The number of carbonyl (C=O) groups is 1. The summed E-state index contributed by atoms with van der Waals surface area (Å²) >= 11 is 6.69. The zero-order valence-electron chi connectivity index (χ0n) is 10.9. The molecular weight excluding hydrogens is 386 g/mol. The summed E-state index contributed by atoms with van der Waals surface area (Å²) in [6.45, 7) is 2.61. The van der Waals surface area contributed by atoms with Crippen LogP contribution in [0.25, 0.3) is 0 Å². The molecule has 2 rings (SSSR count). The van der Waals surface area contributed by atoms with Crippen molar-refractivity contribution in [2.24, 2.45) is 0 Å². The number of pyridine rings is 1. The van der Waals surface area contributed by atoms with E-state index in [0.29, 0.717) is 28.1 Å². The van der Waals surface area contributed by atoms with Crippen molar-refractivity contribution in [1.29, 1.82) is 0 Å². The number of nitrogens with zero attached hydrogens (tertiary/aromatic N) is 1. The fraction of sp³-hybridized carbons (Fsp3) is 0.200. The van der Waals surface area contributed by atoms with Crippen LogP contribution in [0.5, 0.6) is 5.75 Å². The average Bonchev–Trinajstić information content (AvgIpc) is 2.45. The number of para-hydroxylation sites is 1. The van der Waals surface area contributed by atoms with E-state index in [1.807, 2.05) is 19.1 Å². The van der Waals surface area contributed by atoms with Crippen molar-refractivity contribution in [3.8, 4) is 5.75 Å². The lowest BCUT2D eigenvalue weighted by Crippen LogP contribution is -2.08. The van der Waals surface area contributed by atoms with Gasteiger partial charge < -0.3 is 4.74 Å². The maximum Gasteiger partial charge on any atom is 0.216 e. The lowest BCUT2D eigenvalue weighted by molar-refractivity contribution is 0.102. The number of hydrogen-bond acceptors (Lipinski definition) is 3. The van der Waals surface area contributed by atoms with E-state index in [1.165, 1.54) is 0 Å². The normalized spacial score (nSPS) is 10.3. The Hall–Kier alpha value is -1.20. The Labute approximate surface area is 134 Å². The molecule has 1 heterocycles. The minimum Gasteiger partial charge on any atom is -0.493 e. The minimum absolute atomic E-state index is 0.156. The van der Waals surface area contributed by atoms with Gasteiger partial charge in [0.05, 0.1) is 12.2 Å². The van der Waals surface area contributed by atoms with Gasteiger partial charge in [0, 0.05) is 15.1 Å². The van der Waals surface area contributed by atoms with Crippen LogP contribution in [0, 0.1) is 0 Å². The first-order chi connectivity index (χ1) is 9.63. The number of halogens is 2. The Morgan fingerprint density at radius 2 is 2.05 bits per heavy atom. The van der Waals surface area contributed by atoms with Gasteiger partial charge in [-0.3, -0.25) is 9.78 Å². The van der Waals surface area contributed by atoms with Crippen molar-refractivity contribution in [2.45, 2.75) is 13.3 Å². The predicted octanol–water partition coefficient (Wildman–Crippen LogP) is 4.63. The van der Waals surface area contributed by atoms with Gasteiger partial charge in [-0.2, -0.15) is 0 Å². The molecule has 0 aliphatic rings. The molecule has 0 saturated carbocycles. The number of carbonyl (C=O) groups excluding carboxylic acids is 1. The van der Waals surface area contributed by atoms with Crippen LogP contribution >= 0.6 is 31.9 Å². The van der Waals surface area contributed by atoms with E-state index in [0.717, 1.165) is 10.9 Å². The lowest BCUT2D eigenvalue weighted by Gasteiger charge is -2.10. The Morgan fingerprint density at radius 1 is 1.30 bits per heavy atom. The van der Waals surface area contributed by atoms with Crippen LogP contribution < -0.4 is 4.74 Å². The molecule has 1 aromatic heterocycles. The fourth-order valence-corrected chi connectivity index (χ4v) is 2.87. The fourth-order valence-electron chi connectivity index (χ4n) is 1.70. The van der Waals surface area contributed by atoms with Gasteiger partial charge in [-0.1, -0.05) is 19.1 Å². The molecule has 0 aliphatic heterocycles. The van der Waals surface area contributed by atoms with Crippen LogP contribution in [0.1, 0.15) is 29.4 Å². The van der Waals surface area contributed by atoms with E-state index in [-0.39, 0.29) is 5.78 Å². The van der Waals surface area contributed by atoms with Gasteiger partial charge >= 0.3 is 0 Å². The maximum absolute atomic E-state index is 12.6. The van der Waals surface area contributed by atoms with Crippen LogP contribution in [0.3, 0.4) is 0 Å². The summed E-state index contributed by atoms with van der Waals surface area (Å²) in [7, 11) is 0. The van der Waals surface area contributed by atoms with Crippen LogP contribution in [-0.4, -0.2) is 17.4 Å². The summed E-state index contributed by atoms with van der Waals surface area (Å²) in [5, 5.41) is 0. The van der Waals surface area contributed by atoms with Crippen molar-refractivity contribution in [2.75, 3.05) is 6.61 Å². The van der Waals surface area contributed by atoms with E-state index in [2.05, 4.69) is 36.8 Å². The highest BCUT2D eigenvalue weighted by Gasteiger charge is 2.18. The molecule has 20 heavy (non-hydrogen) atoms. The number of benzene rings is 1. The molecule has 0 fully saturated rings. The van der Waals surface area contributed by atoms with Gasteiger partial charge in [-0.15, -0.1) is 0 Å². The lowest BCUT2D eigenvalue weighted by atomic mass is 10.1. The number of ether oxygens (including phenoxy) is 1. The predicted molar refractivity (Wildman–Crippen MR) is 85.3 cm³/mol. The number of aromatic nitrogens is 1. The highest BCUT2D eigenvalue weighted by Crippen LogP contribution is 2.26. The van der Waals surface area contributed by atoms with E-state index in [4.69, 9.17) is 4.74 Å². The number of hydrogen-bond donors (Lipinski definition) is 0. The molecule has 0 bridgehead atoms. The molecule has 1 aromatic carbocycles. The van der Waals surface area contributed by atoms with Gasteiger partial charge in [0.15, 0.2) is 0 Å². The molecule has 0 saturated heterocycles. The summed E-state index contributed by atoms with van der Waals surface area (Å²) in [6, 6.07) is 9.03. The third kappa shape index (κ3) is 3.46. The third-order valence-corrected chi connectivity index (χ3v) is 3.65. The molecule has 104 valence electrons. The molecule has 0 unspecified atom stereocenters. The van der Waals surface area contributed by atoms with Crippen molar-refractivity contribution in [1.82, 2.24) is 4.98 Å². The topological polar surface area (TPSA) is 39.2 Å². The summed E-state index contributed by atoms with van der Waals surface area (Å²) < 4.78 is 7.09. The Kier molecular flexibility index (Phi) is 5.31. The van der Waals surface area contributed by atoms with Gasteiger partial charge in [0.1, 0.15) is 11.4 Å². The zero-order chi connectivity index (χ0) is 14.5. The van der Waals surface area contributed by atoms with E-state index < -0.39 is 0 Å². The third-order valence-electron chi connectivity index (χ3n) is 2.62. The largest absolute Gasteiger partial charge is 0.493 e. The molecule has 0 N–H and O–H groups in total. The van der Waals surface area contributed by atoms with Crippen molar-refractivity contribution in [3.63, 3.8) is 0 Å². The average molecular weight is 399 g/mol. The second-order valence-corrected chi connectivity index (χ2v) is 5.93. The highest BCUT2D eigenvalue weighted by molar-refractivity contribution is 9.11. The first kappa shape index (κ1) is 15.2. The van der Waals surface area contributed by atoms with E-state index in [1.54, 1.807) is 24.4 Å². The van der Waals surface area contributed by atoms with Crippen LogP contribution in [-0.2, 0) is 0 Å². The Balaban J connectivity index is 2.38. The van der Waals surface area contributed by atoms with Gasteiger partial charge in [0.25, 0.3) is 0 Å². The Bertz CT molecular complexity index is 629. The van der Waals surface area contributed by atoms with E-state index >= 15 is 0 Å². The SMILES string of the molecule is CCCOc1ccccc1C(=O)c1ncc(Br)cc1Br. The van der Waals surface area contributed by atoms with Crippen LogP contribution in [0.4, 0.5) is 0 Å². The second-order valence-electron chi connectivity index (χ2n) is 4.16. The van der Waals surface area contributed by atoms with Crippen LogP contribution in [0.15, 0.2) is 45.5 Å². The van der Waals surface area contributed by atoms with E-state index in [9.17, 15) is 4.79 Å². The second kappa shape index (κ2) is 6.99. The van der Waals surface area contributed by atoms with Crippen LogP contribution in [0.2, 0.25) is 0 Å². The maximum atomic E-state index is 12.6. The molecule has 0 spiro atoms. The molecule has 0 amide bonds. The van der Waals surface area contributed by atoms with Gasteiger partial charge in [-0.25, -0.2) is 0 Å². The summed E-state index contributed by atoms with van der Waals surface area (Å²) in [6.07, 6.45) is 2.50. The molecule has 0 aliphatic carbocycles. The molecule has 2 aromatic rings. The monoisotopic (exact) mass is 397 g/mol. The molecule has 3 nitrogen and oxygen atoms in total. The zero-order valence-corrected chi connectivity index (χ0v) is 14.1. The molecular formula is C15H13Br2NO2. The van der Waals surface area contributed by atoms with Gasteiger partial charge in [0.2, 0.25) is 5.78 Å². The van der Waals surface area contributed by atoms with Crippen molar-refractivity contribution < 1.29 is 9.53 Å². The summed E-state index contributed by atoms with van der Waals surface area (Å²) in [5.41, 5.74) is 0.900. The number of ketones is 1. The standard InChI is InChI=1S/C15H13Br2NO2/c1-2-7-20-13-6-4-3-5-11(13)15(19)14-12(17)8-10(16)9-18-14/h3-6,8-9H,2,7H2,1H3. The summed E-state index contributed by atoms with van der Waals surface area (Å²) in [5.74, 6) is 0.437. The number of rotatable bonds is 5. The molecule has 0 radical (unpaired) electrons. The first-order valence-corrected chi connectivity index (χ1v) is 7.79. The molecule has 0 atom stereocenters. The molecule has 5 heteroatoms. The first-order valence-electron chi connectivity index (χ1n) is 6.21. The quantitative estimate of drug-likeness (QED) is 0.689. The van der Waals surface area contributed by atoms with Crippen molar-refractivity contribution >= 4 is 37.6 Å². The summed E-state index contributed by atoms with van der Waals surface area (Å²) in [4.78, 5) is 16.8.